The molecule has 24 heavy (non-hydrogen) atoms. The first-order valence-corrected chi connectivity index (χ1v) is 7.88. The third kappa shape index (κ3) is 3.80. The van der Waals surface area contributed by atoms with E-state index in [-0.39, 0.29) is 5.91 Å². The number of methoxy groups -OCH3 is 1. The van der Waals surface area contributed by atoms with Gasteiger partial charge in [-0.1, -0.05) is 6.07 Å². The molecule has 1 saturated heterocycles. The van der Waals surface area contributed by atoms with Gasteiger partial charge in [0.2, 0.25) is 0 Å². The van der Waals surface area contributed by atoms with Crippen molar-refractivity contribution in [1.82, 2.24) is 15.1 Å². The van der Waals surface area contributed by atoms with Crippen LogP contribution in [0.4, 0.5) is 11.6 Å². The summed E-state index contributed by atoms with van der Waals surface area (Å²) in [5.41, 5.74) is 0.513. The summed E-state index contributed by atoms with van der Waals surface area (Å²) in [6.45, 7) is 3.88. The Hall–Kier alpha value is -2.67. The molecule has 1 aliphatic rings. The topological polar surface area (TPSA) is 70.6 Å². The Morgan fingerprint density at radius 3 is 2.58 bits per heavy atom. The van der Waals surface area contributed by atoms with E-state index in [1.165, 1.54) is 0 Å². The average Bonchev–Trinajstić information content (AvgIpc) is 2.63. The molecule has 2 aromatic rings. The lowest BCUT2D eigenvalue weighted by Gasteiger charge is -2.32. The zero-order valence-corrected chi connectivity index (χ0v) is 13.9. The van der Waals surface area contributed by atoms with Gasteiger partial charge >= 0.3 is 0 Å². The fourth-order valence-electron chi connectivity index (χ4n) is 2.55. The molecule has 7 nitrogen and oxygen atoms in total. The number of rotatable bonds is 4. The van der Waals surface area contributed by atoms with Crippen LogP contribution in [0, 0.1) is 0 Å². The average molecular weight is 327 g/mol. The quantitative estimate of drug-likeness (QED) is 0.917. The van der Waals surface area contributed by atoms with E-state index in [2.05, 4.69) is 32.4 Å². The van der Waals surface area contributed by atoms with Gasteiger partial charge in [0.05, 0.1) is 7.11 Å². The summed E-state index contributed by atoms with van der Waals surface area (Å²) < 4.78 is 5.13. The van der Waals surface area contributed by atoms with Gasteiger partial charge in [0.25, 0.3) is 5.91 Å². The smallest absolute Gasteiger partial charge is 0.256 e. The number of hydrogen-bond donors (Lipinski definition) is 1. The Morgan fingerprint density at radius 1 is 1.12 bits per heavy atom. The van der Waals surface area contributed by atoms with E-state index in [9.17, 15) is 4.79 Å². The molecule has 1 aromatic heterocycles. The third-order valence-corrected chi connectivity index (χ3v) is 4.05. The predicted octanol–water partition coefficient (Wildman–Crippen LogP) is 1.49. The second kappa shape index (κ2) is 7.27. The van der Waals surface area contributed by atoms with Crippen molar-refractivity contribution in [2.45, 2.75) is 0 Å². The second-order valence-corrected chi connectivity index (χ2v) is 5.75. The first-order chi connectivity index (χ1) is 11.7. The molecule has 1 aromatic carbocycles. The van der Waals surface area contributed by atoms with Crippen molar-refractivity contribution < 1.29 is 9.53 Å². The molecule has 1 N–H and O–H groups in total. The molecule has 1 aliphatic heterocycles. The SMILES string of the molecule is COc1cccc(C(=O)Nc2ccc(N3CCN(C)CC3)nn2)c1. The molecule has 0 radical (unpaired) electrons. The van der Waals surface area contributed by atoms with Crippen LogP contribution in [0.25, 0.3) is 0 Å². The van der Waals surface area contributed by atoms with Gasteiger partial charge in [-0.15, -0.1) is 10.2 Å². The van der Waals surface area contributed by atoms with Gasteiger partial charge in [0.1, 0.15) is 5.75 Å². The third-order valence-electron chi connectivity index (χ3n) is 4.05. The highest BCUT2D eigenvalue weighted by Crippen LogP contribution is 2.16. The number of benzene rings is 1. The van der Waals surface area contributed by atoms with E-state index in [4.69, 9.17) is 4.74 Å². The van der Waals surface area contributed by atoms with Crippen molar-refractivity contribution >= 4 is 17.5 Å². The summed E-state index contributed by atoms with van der Waals surface area (Å²) in [5, 5.41) is 11.1. The summed E-state index contributed by atoms with van der Waals surface area (Å²) in [6.07, 6.45) is 0. The number of carbonyl (C=O) groups is 1. The number of ether oxygens (including phenoxy) is 1. The molecular weight excluding hydrogens is 306 g/mol. The number of nitrogens with one attached hydrogen (secondary N) is 1. The lowest BCUT2D eigenvalue weighted by atomic mass is 10.2. The Kier molecular flexibility index (Phi) is 4.90. The Morgan fingerprint density at radius 2 is 1.92 bits per heavy atom. The van der Waals surface area contributed by atoms with Crippen molar-refractivity contribution in [3.63, 3.8) is 0 Å². The van der Waals surface area contributed by atoms with Crippen LogP contribution in [0.15, 0.2) is 36.4 Å². The van der Waals surface area contributed by atoms with Gasteiger partial charge in [-0.25, -0.2) is 0 Å². The fraction of sp³-hybridized carbons (Fsp3) is 0.353. The number of aromatic nitrogens is 2. The highest BCUT2D eigenvalue weighted by Gasteiger charge is 2.16. The molecule has 0 bridgehead atoms. The summed E-state index contributed by atoms with van der Waals surface area (Å²) >= 11 is 0. The zero-order chi connectivity index (χ0) is 16.9. The van der Waals surface area contributed by atoms with Crippen LogP contribution in [0.2, 0.25) is 0 Å². The van der Waals surface area contributed by atoms with E-state index in [0.717, 1.165) is 32.0 Å². The zero-order valence-electron chi connectivity index (χ0n) is 13.9. The van der Waals surface area contributed by atoms with Crippen LogP contribution in [-0.4, -0.2) is 61.3 Å². The number of amides is 1. The van der Waals surface area contributed by atoms with Gasteiger partial charge in [0.15, 0.2) is 11.6 Å². The van der Waals surface area contributed by atoms with Crippen molar-refractivity contribution in [3.8, 4) is 5.75 Å². The van der Waals surface area contributed by atoms with Crippen LogP contribution in [0.5, 0.6) is 5.75 Å². The monoisotopic (exact) mass is 327 g/mol. The number of anilines is 2. The Balaban J connectivity index is 1.64. The van der Waals surface area contributed by atoms with Crippen LogP contribution in [0.1, 0.15) is 10.4 Å². The number of carbonyl (C=O) groups excluding carboxylic acids is 1. The van der Waals surface area contributed by atoms with Crippen molar-refractivity contribution in [1.29, 1.82) is 0 Å². The lowest BCUT2D eigenvalue weighted by molar-refractivity contribution is 0.102. The maximum Gasteiger partial charge on any atom is 0.256 e. The van der Waals surface area contributed by atoms with E-state index in [1.54, 1.807) is 37.4 Å². The van der Waals surface area contributed by atoms with E-state index in [0.29, 0.717) is 17.1 Å². The normalized spacial score (nSPS) is 15.2. The number of nitrogens with zero attached hydrogens (tertiary/aromatic N) is 4. The van der Waals surface area contributed by atoms with Crippen LogP contribution < -0.4 is 15.0 Å². The number of likely N-dealkylation sites (N-methyl/N-ethyl adjacent to an activating group) is 1. The van der Waals surface area contributed by atoms with Gasteiger partial charge < -0.3 is 19.9 Å². The van der Waals surface area contributed by atoms with Crippen molar-refractivity contribution in [3.05, 3.63) is 42.0 Å². The van der Waals surface area contributed by atoms with E-state index >= 15 is 0 Å². The first kappa shape index (κ1) is 16.2. The molecule has 3 rings (SSSR count). The highest BCUT2D eigenvalue weighted by molar-refractivity contribution is 6.03. The molecule has 7 heteroatoms. The van der Waals surface area contributed by atoms with Crippen LogP contribution in [-0.2, 0) is 0 Å². The molecule has 0 unspecified atom stereocenters. The molecule has 0 saturated carbocycles. The summed E-state index contributed by atoms with van der Waals surface area (Å²) in [4.78, 5) is 16.7. The molecule has 126 valence electrons. The van der Waals surface area contributed by atoms with Crippen molar-refractivity contribution in [2.24, 2.45) is 0 Å². The van der Waals surface area contributed by atoms with E-state index < -0.39 is 0 Å². The molecule has 0 aliphatic carbocycles. The van der Waals surface area contributed by atoms with E-state index in [1.807, 2.05) is 6.07 Å². The predicted molar refractivity (Wildman–Crippen MR) is 92.7 cm³/mol. The summed E-state index contributed by atoms with van der Waals surface area (Å²) in [6, 6.07) is 10.6. The van der Waals surface area contributed by atoms with Crippen LogP contribution >= 0.6 is 0 Å². The minimum absolute atomic E-state index is 0.240. The van der Waals surface area contributed by atoms with Crippen molar-refractivity contribution in [2.75, 3.05) is 50.6 Å². The maximum absolute atomic E-state index is 12.3. The number of piperazine rings is 1. The Bertz CT molecular complexity index is 696. The summed E-state index contributed by atoms with van der Waals surface area (Å²) in [5.74, 6) is 1.66. The van der Waals surface area contributed by atoms with Gasteiger partial charge in [0, 0.05) is 31.7 Å². The van der Waals surface area contributed by atoms with Gasteiger partial charge in [-0.3, -0.25) is 4.79 Å². The lowest BCUT2D eigenvalue weighted by Crippen LogP contribution is -2.44. The van der Waals surface area contributed by atoms with Crippen LogP contribution in [0.3, 0.4) is 0 Å². The molecular formula is C17H21N5O2. The van der Waals surface area contributed by atoms with Gasteiger partial charge in [-0.05, 0) is 37.4 Å². The minimum Gasteiger partial charge on any atom is -0.497 e. The highest BCUT2D eigenvalue weighted by atomic mass is 16.5. The number of hydrogen-bond acceptors (Lipinski definition) is 6. The minimum atomic E-state index is -0.240. The molecule has 1 fully saturated rings. The molecule has 0 spiro atoms. The molecule has 1 amide bonds. The fourth-order valence-corrected chi connectivity index (χ4v) is 2.55. The molecule has 2 heterocycles. The largest absolute Gasteiger partial charge is 0.497 e. The second-order valence-electron chi connectivity index (χ2n) is 5.75. The maximum atomic E-state index is 12.3. The first-order valence-electron chi connectivity index (χ1n) is 7.88. The molecule has 0 atom stereocenters. The standard InChI is InChI=1S/C17H21N5O2/c1-21-8-10-22(11-9-21)16-7-6-15(19-20-16)18-17(23)13-4-3-5-14(12-13)24-2/h3-7,12H,8-11H2,1-2H3,(H,18,19,23). The van der Waals surface area contributed by atoms with Gasteiger partial charge in [-0.2, -0.15) is 0 Å². The Labute approximate surface area is 141 Å². The summed E-state index contributed by atoms with van der Waals surface area (Å²) in [7, 11) is 3.68.